The van der Waals surface area contributed by atoms with E-state index in [1.54, 1.807) is 0 Å². The van der Waals surface area contributed by atoms with E-state index in [1.165, 1.54) is 0 Å². The number of carbonyl (C=O) groups is 4. The number of carboxylic acid groups (broad SMARTS) is 2. The second-order valence-corrected chi connectivity index (χ2v) is 5.00. The summed E-state index contributed by atoms with van der Waals surface area (Å²) in [5.74, 6) is -3.76. The molecule has 2 amide bonds. The van der Waals surface area contributed by atoms with Crippen molar-refractivity contribution in [1.82, 2.24) is 10.6 Å². The first-order chi connectivity index (χ1) is 10.8. The molecule has 0 aliphatic rings. The van der Waals surface area contributed by atoms with Crippen molar-refractivity contribution >= 4 is 23.8 Å². The molecule has 10 nitrogen and oxygen atoms in total. The molecule has 0 aliphatic heterocycles. The number of unbranched alkanes of at least 4 members (excludes halogenated alkanes) is 1. The third-order valence-electron chi connectivity index (χ3n) is 3.01. The van der Waals surface area contributed by atoms with Gasteiger partial charge in [0.1, 0.15) is 6.04 Å². The average molecular weight is 332 g/mol. The number of hydrogen-bond acceptors (Lipinski definition) is 6. The van der Waals surface area contributed by atoms with Gasteiger partial charge in [0.15, 0.2) is 0 Å². The summed E-state index contributed by atoms with van der Waals surface area (Å²) in [4.78, 5) is 44.6. The lowest BCUT2D eigenvalue weighted by atomic mass is 10.1. The number of aliphatic carboxylic acids is 2. The molecule has 0 spiro atoms. The van der Waals surface area contributed by atoms with Crippen molar-refractivity contribution in [3.05, 3.63) is 0 Å². The van der Waals surface area contributed by atoms with Crippen LogP contribution in [0, 0.1) is 0 Å². The van der Waals surface area contributed by atoms with Gasteiger partial charge in [0.2, 0.25) is 11.8 Å². The molecular formula is C13H24N4O6. The van der Waals surface area contributed by atoms with E-state index in [0.717, 1.165) is 6.42 Å². The molecule has 0 aliphatic carbocycles. The lowest BCUT2D eigenvalue weighted by Crippen LogP contribution is -2.48. The van der Waals surface area contributed by atoms with Gasteiger partial charge in [-0.2, -0.15) is 0 Å². The highest BCUT2D eigenvalue weighted by molar-refractivity contribution is 5.89. The zero-order valence-electron chi connectivity index (χ0n) is 12.8. The van der Waals surface area contributed by atoms with Crippen LogP contribution in [0.2, 0.25) is 0 Å². The Balaban J connectivity index is 4.18. The highest BCUT2D eigenvalue weighted by atomic mass is 16.4. The SMILES string of the molecule is NCCCC[C@H](N)C(=O)NCC(=O)N[C@@H](CCC(=O)O)C(=O)O. The first-order valence-electron chi connectivity index (χ1n) is 7.25. The summed E-state index contributed by atoms with van der Waals surface area (Å²) in [6.07, 6.45) is 1.22. The van der Waals surface area contributed by atoms with Gasteiger partial charge in [-0.1, -0.05) is 6.42 Å². The maximum Gasteiger partial charge on any atom is 0.326 e. The molecule has 0 saturated heterocycles. The molecule has 8 N–H and O–H groups in total. The molecule has 2 atom stereocenters. The minimum absolute atomic E-state index is 0.247. The van der Waals surface area contributed by atoms with Crippen molar-refractivity contribution in [2.45, 2.75) is 44.2 Å². The maximum atomic E-state index is 11.6. The predicted octanol–water partition coefficient (Wildman–Crippen LogP) is -2.01. The first kappa shape index (κ1) is 20.8. The van der Waals surface area contributed by atoms with Crippen LogP contribution in [-0.2, 0) is 19.2 Å². The van der Waals surface area contributed by atoms with Crippen LogP contribution in [0.15, 0.2) is 0 Å². The van der Waals surface area contributed by atoms with E-state index in [2.05, 4.69) is 10.6 Å². The maximum absolute atomic E-state index is 11.6. The van der Waals surface area contributed by atoms with E-state index in [9.17, 15) is 19.2 Å². The van der Waals surface area contributed by atoms with Crippen LogP contribution in [-0.4, -0.2) is 59.1 Å². The molecule has 0 heterocycles. The Morgan fingerprint density at radius 3 is 2.22 bits per heavy atom. The smallest absolute Gasteiger partial charge is 0.326 e. The van der Waals surface area contributed by atoms with Crippen molar-refractivity contribution in [1.29, 1.82) is 0 Å². The predicted molar refractivity (Wildman–Crippen MR) is 80.3 cm³/mol. The minimum Gasteiger partial charge on any atom is -0.481 e. The molecular weight excluding hydrogens is 308 g/mol. The van der Waals surface area contributed by atoms with Crippen LogP contribution >= 0.6 is 0 Å². The van der Waals surface area contributed by atoms with Crippen molar-refractivity contribution < 1.29 is 29.4 Å². The van der Waals surface area contributed by atoms with Crippen LogP contribution in [0.5, 0.6) is 0 Å². The van der Waals surface area contributed by atoms with Crippen molar-refractivity contribution in [3.63, 3.8) is 0 Å². The Hall–Kier alpha value is -2.20. The number of carbonyl (C=O) groups excluding carboxylic acids is 2. The third-order valence-corrected chi connectivity index (χ3v) is 3.01. The van der Waals surface area contributed by atoms with Gasteiger partial charge >= 0.3 is 11.9 Å². The number of amides is 2. The highest BCUT2D eigenvalue weighted by Crippen LogP contribution is 1.99. The Morgan fingerprint density at radius 2 is 1.70 bits per heavy atom. The Kier molecular flexibility index (Phi) is 10.3. The molecule has 0 unspecified atom stereocenters. The van der Waals surface area contributed by atoms with Crippen LogP contribution in [0.3, 0.4) is 0 Å². The van der Waals surface area contributed by atoms with E-state index in [-0.39, 0.29) is 6.42 Å². The molecule has 0 rings (SSSR count). The lowest BCUT2D eigenvalue weighted by Gasteiger charge is -2.15. The van der Waals surface area contributed by atoms with Crippen molar-refractivity contribution in [2.75, 3.05) is 13.1 Å². The van der Waals surface area contributed by atoms with Crippen LogP contribution < -0.4 is 22.1 Å². The second-order valence-electron chi connectivity index (χ2n) is 5.00. The zero-order chi connectivity index (χ0) is 17.8. The number of carboxylic acids is 2. The summed E-state index contributed by atoms with van der Waals surface area (Å²) < 4.78 is 0. The van der Waals surface area contributed by atoms with E-state index in [4.69, 9.17) is 21.7 Å². The van der Waals surface area contributed by atoms with Gasteiger partial charge < -0.3 is 32.3 Å². The average Bonchev–Trinajstić information content (AvgIpc) is 2.48. The van der Waals surface area contributed by atoms with Gasteiger partial charge in [0, 0.05) is 6.42 Å². The van der Waals surface area contributed by atoms with Crippen LogP contribution in [0.25, 0.3) is 0 Å². The number of nitrogens with one attached hydrogen (secondary N) is 2. The zero-order valence-corrected chi connectivity index (χ0v) is 12.8. The molecule has 132 valence electrons. The molecule has 23 heavy (non-hydrogen) atoms. The van der Waals surface area contributed by atoms with Gasteiger partial charge in [-0.15, -0.1) is 0 Å². The summed E-state index contributed by atoms with van der Waals surface area (Å²) in [5.41, 5.74) is 11.0. The van der Waals surface area contributed by atoms with Gasteiger partial charge in [0.25, 0.3) is 0 Å². The summed E-state index contributed by atoms with van der Waals surface area (Å²) in [5, 5.41) is 21.9. The van der Waals surface area contributed by atoms with Crippen molar-refractivity contribution in [3.8, 4) is 0 Å². The van der Waals surface area contributed by atoms with Gasteiger partial charge in [-0.25, -0.2) is 4.79 Å². The summed E-state index contributed by atoms with van der Waals surface area (Å²) in [7, 11) is 0. The molecule has 0 fully saturated rings. The van der Waals surface area contributed by atoms with Crippen molar-refractivity contribution in [2.24, 2.45) is 11.5 Å². The normalized spacial score (nSPS) is 13.0. The van der Waals surface area contributed by atoms with E-state index in [1.807, 2.05) is 0 Å². The number of nitrogens with two attached hydrogens (primary N) is 2. The Labute approximate surface area is 133 Å². The molecule has 0 aromatic rings. The number of rotatable bonds is 12. The van der Waals surface area contributed by atoms with Gasteiger partial charge in [-0.05, 0) is 25.8 Å². The fourth-order valence-corrected chi connectivity index (χ4v) is 1.71. The summed E-state index contributed by atoms with van der Waals surface area (Å²) >= 11 is 0. The Bertz CT molecular complexity index is 429. The lowest BCUT2D eigenvalue weighted by molar-refractivity contribution is -0.143. The minimum atomic E-state index is -1.34. The topological polar surface area (TPSA) is 185 Å². The molecule has 0 saturated carbocycles. The van der Waals surface area contributed by atoms with Gasteiger partial charge in [-0.3, -0.25) is 14.4 Å². The van der Waals surface area contributed by atoms with E-state index >= 15 is 0 Å². The molecule has 0 aromatic heterocycles. The largest absolute Gasteiger partial charge is 0.481 e. The first-order valence-corrected chi connectivity index (χ1v) is 7.25. The Morgan fingerprint density at radius 1 is 1.04 bits per heavy atom. The van der Waals surface area contributed by atoms with E-state index in [0.29, 0.717) is 19.4 Å². The fraction of sp³-hybridized carbons (Fsp3) is 0.692. The molecule has 0 radical (unpaired) electrons. The number of hydrogen-bond donors (Lipinski definition) is 6. The molecule has 10 heteroatoms. The molecule has 0 aromatic carbocycles. The summed E-state index contributed by atoms with van der Waals surface area (Å²) in [6.45, 7) is 0.0734. The third kappa shape index (κ3) is 10.2. The standard InChI is InChI=1S/C13H24N4O6/c14-6-2-1-3-8(15)12(21)16-7-10(18)17-9(13(22)23)4-5-11(19)20/h8-9H,1-7,14-15H2,(H,16,21)(H,17,18)(H,19,20)(H,22,23)/t8-,9-/m0/s1. The quantitative estimate of drug-likeness (QED) is 0.221. The van der Waals surface area contributed by atoms with E-state index < -0.39 is 48.8 Å². The van der Waals surface area contributed by atoms with Crippen LogP contribution in [0.4, 0.5) is 0 Å². The fourth-order valence-electron chi connectivity index (χ4n) is 1.71. The highest BCUT2D eigenvalue weighted by Gasteiger charge is 2.21. The second kappa shape index (κ2) is 11.4. The van der Waals surface area contributed by atoms with Crippen LogP contribution in [0.1, 0.15) is 32.1 Å². The summed E-state index contributed by atoms with van der Waals surface area (Å²) in [6, 6.07) is -2.09. The van der Waals surface area contributed by atoms with Gasteiger partial charge in [0.05, 0.1) is 12.6 Å². The monoisotopic (exact) mass is 332 g/mol. The molecule has 0 bridgehead atoms.